The van der Waals surface area contributed by atoms with E-state index in [1.807, 2.05) is 6.92 Å². The van der Waals surface area contributed by atoms with E-state index in [0.717, 1.165) is 28.4 Å². The first-order chi connectivity index (χ1) is 7.52. The molecule has 0 aromatic carbocycles. The molecule has 0 bridgehead atoms. The Labute approximate surface area is 100 Å². The molecule has 2 rings (SSSR count). The van der Waals surface area contributed by atoms with Crippen LogP contribution in [-0.2, 0) is 17.8 Å². The van der Waals surface area contributed by atoms with Crippen molar-refractivity contribution >= 4 is 11.3 Å². The second-order valence-electron chi connectivity index (χ2n) is 5.12. The van der Waals surface area contributed by atoms with Gasteiger partial charge in [0.1, 0.15) is 5.01 Å². The summed E-state index contributed by atoms with van der Waals surface area (Å²) >= 11 is 1.60. The Balaban J connectivity index is 2.20. The minimum Gasteiger partial charge on any atom is -0.387 e. The first kappa shape index (κ1) is 12.0. The Kier molecular flexibility index (Phi) is 3.33. The molecule has 0 fully saturated rings. The SMILES string of the molecule is CCOCc1nc2c(s1)C(O)CC(C)(C)C2. The number of thiazole rings is 1. The summed E-state index contributed by atoms with van der Waals surface area (Å²) in [4.78, 5) is 5.62. The first-order valence-electron chi connectivity index (χ1n) is 5.76. The van der Waals surface area contributed by atoms with Gasteiger partial charge in [-0.2, -0.15) is 0 Å². The van der Waals surface area contributed by atoms with Crippen molar-refractivity contribution in [3.05, 3.63) is 15.6 Å². The Bertz CT molecular complexity index is 373. The first-order valence-corrected chi connectivity index (χ1v) is 6.58. The molecular formula is C12H19NO2S. The maximum atomic E-state index is 10.1. The van der Waals surface area contributed by atoms with Gasteiger partial charge in [0.25, 0.3) is 0 Å². The smallest absolute Gasteiger partial charge is 0.119 e. The van der Waals surface area contributed by atoms with Crippen LogP contribution in [0.15, 0.2) is 0 Å². The molecule has 0 aliphatic heterocycles. The lowest BCUT2D eigenvalue weighted by atomic mass is 9.77. The Morgan fingerprint density at radius 3 is 3.00 bits per heavy atom. The molecule has 4 heteroatoms. The van der Waals surface area contributed by atoms with Crippen molar-refractivity contribution in [1.82, 2.24) is 4.98 Å². The maximum Gasteiger partial charge on any atom is 0.119 e. The Morgan fingerprint density at radius 1 is 1.56 bits per heavy atom. The highest BCUT2D eigenvalue weighted by Crippen LogP contribution is 2.42. The van der Waals surface area contributed by atoms with E-state index in [9.17, 15) is 5.11 Å². The van der Waals surface area contributed by atoms with Crippen molar-refractivity contribution in [2.24, 2.45) is 5.41 Å². The summed E-state index contributed by atoms with van der Waals surface area (Å²) in [6.45, 7) is 7.62. The lowest BCUT2D eigenvalue weighted by Gasteiger charge is -2.31. The number of fused-ring (bicyclic) bond motifs is 1. The number of aliphatic hydroxyl groups is 1. The van der Waals surface area contributed by atoms with Gasteiger partial charge in [-0.1, -0.05) is 13.8 Å². The molecule has 1 aromatic rings. The number of nitrogens with zero attached hydrogens (tertiary/aromatic N) is 1. The number of ether oxygens (including phenoxy) is 1. The molecule has 1 aliphatic carbocycles. The summed E-state index contributed by atoms with van der Waals surface area (Å²) < 4.78 is 5.35. The second-order valence-corrected chi connectivity index (χ2v) is 6.23. The van der Waals surface area contributed by atoms with Gasteiger partial charge in [-0.15, -0.1) is 11.3 Å². The number of hydrogen-bond donors (Lipinski definition) is 1. The number of rotatable bonds is 3. The quantitative estimate of drug-likeness (QED) is 0.884. The molecule has 1 aliphatic rings. The summed E-state index contributed by atoms with van der Waals surface area (Å²) in [5.41, 5.74) is 1.23. The van der Waals surface area contributed by atoms with Crippen LogP contribution in [-0.4, -0.2) is 16.7 Å². The molecule has 1 N–H and O–H groups in total. The summed E-state index contributed by atoms with van der Waals surface area (Å²) in [5.74, 6) is 0. The molecule has 0 spiro atoms. The highest BCUT2D eigenvalue weighted by molar-refractivity contribution is 7.11. The molecule has 0 radical (unpaired) electrons. The van der Waals surface area contributed by atoms with Gasteiger partial charge in [-0.25, -0.2) is 4.98 Å². The summed E-state index contributed by atoms with van der Waals surface area (Å²) in [6, 6.07) is 0. The molecular weight excluding hydrogens is 222 g/mol. The van der Waals surface area contributed by atoms with Gasteiger partial charge in [-0.05, 0) is 25.2 Å². The van der Waals surface area contributed by atoms with Gasteiger partial charge in [-0.3, -0.25) is 0 Å². The Hall–Kier alpha value is -0.450. The maximum absolute atomic E-state index is 10.1. The van der Waals surface area contributed by atoms with E-state index in [0.29, 0.717) is 13.2 Å². The van der Waals surface area contributed by atoms with Crippen LogP contribution in [0.25, 0.3) is 0 Å². The van der Waals surface area contributed by atoms with Crippen molar-refractivity contribution in [3.8, 4) is 0 Å². The van der Waals surface area contributed by atoms with E-state index in [1.165, 1.54) is 0 Å². The fourth-order valence-corrected chi connectivity index (χ4v) is 3.20. The third kappa shape index (κ3) is 2.44. The van der Waals surface area contributed by atoms with E-state index in [1.54, 1.807) is 11.3 Å². The molecule has 1 unspecified atom stereocenters. The lowest BCUT2D eigenvalue weighted by molar-refractivity contribution is 0.102. The monoisotopic (exact) mass is 241 g/mol. The van der Waals surface area contributed by atoms with Crippen molar-refractivity contribution in [2.75, 3.05) is 6.61 Å². The normalized spacial score (nSPS) is 23.1. The second kappa shape index (κ2) is 4.43. The summed E-state index contributed by atoms with van der Waals surface area (Å²) in [5, 5.41) is 11.1. The van der Waals surface area contributed by atoms with Gasteiger partial charge < -0.3 is 9.84 Å². The van der Waals surface area contributed by atoms with Crippen LogP contribution in [0.1, 0.15) is 48.9 Å². The van der Waals surface area contributed by atoms with Gasteiger partial charge in [0, 0.05) is 6.61 Å². The largest absolute Gasteiger partial charge is 0.387 e. The molecule has 90 valence electrons. The van der Waals surface area contributed by atoms with Crippen LogP contribution in [0.3, 0.4) is 0 Å². The third-order valence-electron chi connectivity index (χ3n) is 2.90. The molecule has 1 heterocycles. The van der Waals surface area contributed by atoms with Crippen molar-refractivity contribution in [3.63, 3.8) is 0 Å². The molecule has 1 atom stereocenters. The molecule has 16 heavy (non-hydrogen) atoms. The third-order valence-corrected chi connectivity index (χ3v) is 4.07. The van der Waals surface area contributed by atoms with Crippen molar-refractivity contribution < 1.29 is 9.84 Å². The molecule has 0 saturated carbocycles. The number of aromatic nitrogens is 1. The molecule has 1 aromatic heterocycles. The van der Waals surface area contributed by atoms with E-state index >= 15 is 0 Å². The zero-order valence-corrected chi connectivity index (χ0v) is 10.9. The van der Waals surface area contributed by atoms with E-state index in [-0.39, 0.29) is 11.5 Å². The summed E-state index contributed by atoms with van der Waals surface area (Å²) in [6.07, 6.45) is 1.45. The average Bonchev–Trinajstić information content (AvgIpc) is 2.56. The van der Waals surface area contributed by atoms with Crippen molar-refractivity contribution in [2.45, 2.75) is 46.3 Å². The number of aliphatic hydroxyl groups excluding tert-OH is 1. The molecule has 0 amide bonds. The Morgan fingerprint density at radius 2 is 2.31 bits per heavy atom. The van der Waals surface area contributed by atoms with Gasteiger partial charge in [0.05, 0.1) is 23.3 Å². The topological polar surface area (TPSA) is 42.4 Å². The highest BCUT2D eigenvalue weighted by atomic mass is 32.1. The van der Waals surface area contributed by atoms with Crippen LogP contribution in [0.4, 0.5) is 0 Å². The van der Waals surface area contributed by atoms with Crippen LogP contribution >= 0.6 is 11.3 Å². The van der Waals surface area contributed by atoms with E-state index in [2.05, 4.69) is 18.8 Å². The van der Waals surface area contributed by atoms with Gasteiger partial charge >= 0.3 is 0 Å². The summed E-state index contributed by atoms with van der Waals surface area (Å²) in [7, 11) is 0. The highest BCUT2D eigenvalue weighted by Gasteiger charge is 2.33. The van der Waals surface area contributed by atoms with E-state index in [4.69, 9.17) is 4.74 Å². The minimum absolute atomic E-state index is 0.156. The fraction of sp³-hybridized carbons (Fsp3) is 0.750. The van der Waals surface area contributed by atoms with Crippen molar-refractivity contribution in [1.29, 1.82) is 0 Å². The van der Waals surface area contributed by atoms with E-state index < -0.39 is 0 Å². The number of hydrogen-bond acceptors (Lipinski definition) is 4. The fourth-order valence-electron chi connectivity index (χ4n) is 2.19. The van der Waals surface area contributed by atoms with Crippen LogP contribution in [0, 0.1) is 5.41 Å². The van der Waals surface area contributed by atoms with Crippen LogP contribution in [0.2, 0.25) is 0 Å². The van der Waals surface area contributed by atoms with Gasteiger partial charge in [0.2, 0.25) is 0 Å². The van der Waals surface area contributed by atoms with Gasteiger partial charge in [0.15, 0.2) is 0 Å². The lowest BCUT2D eigenvalue weighted by Crippen LogP contribution is -2.24. The minimum atomic E-state index is -0.341. The molecule has 0 saturated heterocycles. The zero-order chi connectivity index (χ0) is 11.8. The predicted octanol–water partition coefficient (Wildman–Crippen LogP) is 2.69. The van der Waals surface area contributed by atoms with Crippen LogP contribution < -0.4 is 0 Å². The predicted molar refractivity (Wildman–Crippen MR) is 64.5 cm³/mol. The molecule has 3 nitrogen and oxygen atoms in total. The average molecular weight is 241 g/mol. The standard InChI is InChI=1S/C12H19NO2S/c1-4-15-7-10-13-8-5-12(2,3)6-9(14)11(8)16-10/h9,14H,4-7H2,1-3H3. The van der Waals surface area contributed by atoms with Crippen LogP contribution in [0.5, 0.6) is 0 Å². The zero-order valence-electron chi connectivity index (χ0n) is 10.1.